The number of rotatable bonds is 9. The Hall–Kier alpha value is -2.09. The molecule has 39 heavy (non-hydrogen) atoms. The van der Waals surface area contributed by atoms with E-state index in [0.29, 0.717) is 12.3 Å². The molecule has 0 spiro atoms. The number of carbonyl (C=O) groups excluding carboxylic acids is 1. The standard InChI is InChI=1S/C30H42N4O3.2ClH/c1-3-4-11-26-25(21-29(32-31-26)37-24-15-18-33(2)19-16-24)22-13-14-28(36-23-9-6-5-7-10-23)27(20-22)34-17-8-12-30(34)35;;/h13-14,20-21,23-24H,3-12,15-19H2,1-2H3;2*1H. The Bertz CT molecular complexity index is 1070. The van der Waals surface area contributed by atoms with Gasteiger partial charge < -0.3 is 19.3 Å². The number of hydrogen-bond acceptors (Lipinski definition) is 6. The van der Waals surface area contributed by atoms with E-state index < -0.39 is 0 Å². The average Bonchev–Trinajstić information content (AvgIpc) is 3.35. The van der Waals surface area contributed by atoms with Crippen LogP contribution in [0.3, 0.4) is 0 Å². The van der Waals surface area contributed by atoms with Gasteiger partial charge in [-0.15, -0.1) is 29.9 Å². The third-order valence-electron chi connectivity index (χ3n) is 8.05. The minimum Gasteiger partial charge on any atom is -0.488 e. The van der Waals surface area contributed by atoms with Crippen molar-refractivity contribution in [3.05, 3.63) is 30.0 Å². The molecule has 0 N–H and O–H groups in total. The van der Waals surface area contributed by atoms with E-state index in [1.807, 2.05) is 4.90 Å². The Morgan fingerprint density at radius 3 is 2.33 bits per heavy atom. The summed E-state index contributed by atoms with van der Waals surface area (Å²) in [6, 6.07) is 8.37. The Labute approximate surface area is 245 Å². The third kappa shape index (κ3) is 7.99. The highest BCUT2D eigenvalue weighted by atomic mass is 35.5. The van der Waals surface area contributed by atoms with Gasteiger partial charge in [-0.2, -0.15) is 5.10 Å². The van der Waals surface area contributed by atoms with Gasteiger partial charge in [0.1, 0.15) is 11.9 Å². The van der Waals surface area contributed by atoms with Crippen LogP contribution in [0.25, 0.3) is 11.1 Å². The molecule has 0 unspecified atom stereocenters. The van der Waals surface area contributed by atoms with Gasteiger partial charge in [0.15, 0.2) is 0 Å². The quantitative estimate of drug-likeness (QED) is 0.332. The summed E-state index contributed by atoms with van der Waals surface area (Å²) in [4.78, 5) is 17.0. The number of halogens is 2. The number of ether oxygens (including phenoxy) is 2. The molecular weight excluding hydrogens is 535 g/mol. The molecule has 0 atom stereocenters. The molecule has 1 amide bonds. The number of anilines is 1. The summed E-state index contributed by atoms with van der Waals surface area (Å²) in [5.41, 5.74) is 3.96. The first-order valence-electron chi connectivity index (χ1n) is 14.4. The fourth-order valence-electron chi connectivity index (χ4n) is 5.77. The summed E-state index contributed by atoms with van der Waals surface area (Å²) >= 11 is 0. The van der Waals surface area contributed by atoms with Gasteiger partial charge in [-0.1, -0.05) is 25.8 Å². The van der Waals surface area contributed by atoms with E-state index in [2.05, 4.69) is 53.3 Å². The first-order chi connectivity index (χ1) is 18.1. The van der Waals surface area contributed by atoms with E-state index in [1.54, 1.807) is 0 Å². The van der Waals surface area contributed by atoms with Crippen molar-refractivity contribution in [2.24, 2.45) is 0 Å². The van der Waals surface area contributed by atoms with E-state index in [0.717, 1.165) is 99.3 Å². The number of hydrogen-bond donors (Lipinski definition) is 0. The largest absolute Gasteiger partial charge is 0.488 e. The van der Waals surface area contributed by atoms with E-state index in [1.165, 1.54) is 19.3 Å². The van der Waals surface area contributed by atoms with Gasteiger partial charge in [0.2, 0.25) is 11.8 Å². The molecule has 3 heterocycles. The Kier molecular flexibility index (Phi) is 12.1. The number of amides is 1. The third-order valence-corrected chi connectivity index (χ3v) is 8.05. The van der Waals surface area contributed by atoms with Crippen LogP contribution in [0.5, 0.6) is 11.6 Å². The van der Waals surface area contributed by atoms with Crippen molar-refractivity contribution in [3.8, 4) is 22.8 Å². The van der Waals surface area contributed by atoms with Gasteiger partial charge in [-0.3, -0.25) is 4.79 Å². The Morgan fingerprint density at radius 1 is 0.897 bits per heavy atom. The van der Waals surface area contributed by atoms with Crippen molar-refractivity contribution >= 4 is 36.4 Å². The van der Waals surface area contributed by atoms with Crippen LogP contribution >= 0.6 is 24.8 Å². The molecule has 1 aliphatic carbocycles. The molecule has 3 aliphatic rings. The lowest BCUT2D eigenvalue weighted by Crippen LogP contribution is -2.35. The predicted octanol–water partition coefficient (Wildman–Crippen LogP) is 6.64. The maximum Gasteiger partial charge on any atom is 0.234 e. The second kappa shape index (κ2) is 15.1. The number of unbranched alkanes of at least 4 members (excludes halogenated alkanes) is 1. The molecule has 7 nitrogen and oxygen atoms in total. The number of aromatic nitrogens is 2. The van der Waals surface area contributed by atoms with Crippen molar-refractivity contribution in [2.45, 2.75) is 96.2 Å². The van der Waals surface area contributed by atoms with E-state index in [9.17, 15) is 4.79 Å². The summed E-state index contributed by atoms with van der Waals surface area (Å²) in [7, 11) is 2.15. The van der Waals surface area contributed by atoms with Crippen molar-refractivity contribution in [2.75, 3.05) is 31.6 Å². The fraction of sp³-hybridized carbons (Fsp3) is 0.633. The van der Waals surface area contributed by atoms with Crippen LogP contribution in [0.2, 0.25) is 0 Å². The smallest absolute Gasteiger partial charge is 0.234 e. The second-order valence-corrected chi connectivity index (χ2v) is 11.0. The lowest BCUT2D eigenvalue weighted by atomic mass is 9.97. The zero-order valence-electron chi connectivity index (χ0n) is 23.4. The zero-order chi connectivity index (χ0) is 25.6. The topological polar surface area (TPSA) is 67.8 Å². The number of nitrogens with zero attached hydrogens (tertiary/aromatic N) is 4. The number of piperidine rings is 1. The maximum atomic E-state index is 12.8. The van der Waals surface area contributed by atoms with Crippen LogP contribution in [-0.2, 0) is 11.2 Å². The molecule has 9 heteroatoms. The molecule has 3 fully saturated rings. The van der Waals surface area contributed by atoms with Gasteiger partial charge in [0.25, 0.3) is 0 Å². The van der Waals surface area contributed by atoms with Gasteiger partial charge >= 0.3 is 0 Å². The van der Waals surface area contributed by atoms with Crippen LogP contribution in [0, 0.1) is 0 Å². The first-order valence-corrected chi connectivity index (χ1v) is 14.4. The molecular formula is C30H44Cl2N4O3. The van der Waals surface area contributed by atoms with Gasteiger partial charge in [-0.05, 0) is 82.5 Å². The molecule has 2 aromatic rings. The maximum absolute atomic E-state index is 12.8. The van der Waals surface area contributed by atoms with Crippen molar-refractivity contribution < 1.29 is 14.3 Å². The van der Waals surface area contributed by atoms with Crippen LogP contribution in [0.15, 0.2) is 24.3 Å². The van der Waals surface area contributed by atoms with Gasteiger partial charge in [-0.25, -0.2) is 0 Å². The fourth-order valence-corrected chi connectivity index (χ4v) is 5.77. The van der Waals surface area contributed by atoms with Crippen LogP contribution in [-0.4, -0.2) is 59.9 Å². The molecule has 2 aliphatic heterocycles. The highest BCUT2D eigenvalue weighted by molar-refractivity contribution is 5.97. The highest BCUT2D eigenvalue weighted by Gasteiger charge is 2.27. The summed E-state index contributed by atoms with van der Waals surface area (Å²) < 4.78 is 12.8. The molecule has 5 rings (SSSR count). The molecule has 0 bridgehead atoms. The van der Waals surface area contributed by atoms with Crippen molar-refractivity contribution in [1.82, 2.24) is 15.1 Å². The lowest BCUT2D eigenvalue weighted by molar-refractivity contribution is -0.117. The number of aryl methyl sites for hydroxylation is 1. The monoisotopic (exact) mass is 578 g/mol. The highest BCUT2D eigenvalue weighted by Crippen LogP contribution is 2.39. The van der Waals surface area contributed by atoms with Gasteiger partial charge in [0, 0.05) is 37.7 Å². The van der Waals surface area contributed by atoms with Crippen LogP contribution in [0.4, 0.5) is 5.69 Å². The molecule has 1 aromatic carbocycles. The second-order valence-electron chi connectivity index (χ2n) is 11.0. The van der Waals surface area contributed by atoms with E-state index >= 15 is 0 Å². The first kappa shape index (κ1) is 31.4. The van der Waals surface area contributed by atoms with Crippen LogP contribution < -0.4 is 14.4 Å². The van der Waals surface area contributed by atoms with Crippen molar-refractivity contribution in [1.29, 1.82) is 0 Å². The molecule has 1 saturated carbocycles. The van der Waals surface area contributed by atoms with E-state index in [-0.39, 0.29) is 42.9 Å². The predicted molar refractivity (Wildman–Crippen MR) is 161 cm³/mol. The zero-order valence-corrected chi connectivity index (χ0v) is 25.0. The molecule has 216 valence electrons. The number of likely N-dealkylation sites (tertiary alicyclic amines) is 1. The molecule has 2 saturated heterocycles. The average molecular weight is 580 g/mol. The normalized spacial score (nSPS) is 18.9. The summed E-state index contributed by atoms with van der Waals surface area (Å²) in [6.07, 6.45) is 12.8. The van der Waals surface area contributed by atoms with Gasteiger partial charge in [0.05, 0.1) is 17.5 Å². The number of carbonyl (C=O) groups is 1. The minimum absolute atomic E-state index is 0. The molecule has 1 aromatic heterocycles. The Morgan fingerprint density at radius 2 is 1.64 bits per heavy atom. The SMILES string of the molecule is CCCCc1nnc(OC2CCN(C)CC2)cc1-c1ccc(OC2CCCCC2)c(N2CCCC2=O)c1.Cl.Cl. The summed E-state index contributed by atoms with van der Waals surface area (Å²) in [5, 5.41) is 9.10. The number of benzene rings is 1. The summed E-state index contributed by atoms with van der Waals surface area (Å²) in [6.45, 7) is 5.01. The van der Waals surface area contributed by atoms with Crippen molar-refractivity contribution in [3.63, 3.8) is 0 Å². The molecule has 0 radical (unpaired) electrons. The van der Waals surface area contributed by atoms with E-state index in [4.69, 9.17) is 9.47 Å². The Balaban J connectivity index is 0.00000210. The van der Waals surface area contributed by atoms with Crippen LogP contribution in [0.1, 0.15) is 83.2 Å². The minimum atomic E-state index is 0. The lowest BCUT2D eigenvalue weighted by Gasteiger charge is -2.29. The summed E-state index contributed by atoms with van der Waals surface area (Å²) in [5.74, 6) is 1.59.